The maximum Gasteiger partial charge on any atom is 0.240 e. The molecule has 2 amide bonds. The highest BCUT2D eigenvalue weighted by molar-refractivity contribution is 5.88. The molecule has 1 atom stereocenters. The van der Waals surface area contributed by atoms with Crippen molar-refractivity contribution in [3.8, 4) is 0 Å². The summed E-state index contributed by atoms with van der Waals surface area (Å²) in [4.78, 5) is 26.5. The summed E-state index contributed by atoms with van der Waals surface area (Å²) in [6, 6.07) is 13.7. The molecule has 2 aromatic rings. The summed E-state index contributed by atoms with van der Waals surface area (Å²) in [5.41, 5.74) is 11.6. The largest absolute Gasteiger partial charge is 0.368 e. The van der Waals surface area contributed by atoms with Crippen LogP contribution in [0, 0.1) is 0 Å². The Morgan fingerprint density at radius 2 is 1.76 bits per heavy atom. The van der Waals surface area contributed by atoms with Crippen molar-refractivity contribution in [2.45, 2.75) is 44.7 Å². The van der Waals surface area contributed by atoms with E-state index < -0.39 is 11.9 Å². The number of nitrogens with two attached hydrogens (primary N) is 1. The summed E-state index contributed by atoms with van der Waals surface area (Å²) in [6.07, 6.45) is 4.24. The SMILES string of the molecule is NC(=O)C1Cc2ccccc2CN1C(=O)Cc1ccc2c(c1)CCC2. The van der Waals surface area contributed by atoms with Crippen molar-refractivity contribution in [1.82, 2.24) is 4.90 Å². The first-order valence-corrected chi connectivity index (χ1v) is 8.88. The first kappa shape index (κ1) is 15.9. The second kappa shape index (κ2) is 6.36. The van der Waals surface area contributed by atoms with Gasteiger partial charge in [0.1, 0.15) is 6.04 Å². The number of aryl methyl sites for hydroxylation is 2. The fraction of sp³-hybridized carbons (Fsp3) is 0.333. The van der Waals surface area contributed by atoms with Gasteiger partial charge in [-0.1, -0.05) is 42.5 Å². The maximum atomic E-state index is 12.9. The Morgan fingerprint density at radius 3 is 2.56 bits per heavy atom. The zero-order valence-corrected chi connectivity index (χ0v) is 14.2. The van der Waals surface area contributed by atoms with E-state index in [0.717, 1.165) is 29.5 Å². The number of hydrogen-bond acceptors (Lipinski definition) is 2. The van der Waals surface area contributed by atoms with Crippen molar-refractivity contribution < 1.29 is 9.59 Å². The van der Waals surface area contributed by atoms with Gasteiger partial charge in [-0.15, -0.1) is 0 Å². The Balaban J connectivity index is 1.56. The second-order valence-electron chi connectivity index (χ2n) is 7.05. The van der Waals surface area contributed by atoms with Gasteiger partial charge in [0, 0.05) is 13.0 Å². The van der Waals surface area contributed by atoms with Gasteiger partial charge in [0.05, 0.1) is 6.42 Å². The number of carbonyl (C=O) groups excluding carboxylic acids is 2. The molecule has 4 nitrogen and oxygen atoms in total. The molecule has 4 rings (SSSR count). The molecule has 4 heteroatoms. The van der Waals surface area contributed by atoms with Crippen LogP contribution >= 0.6 is 0 Å². The van der Waals surface area contributed by atoms with Gasteiger partial charge in [0.15, 0.2) is 0 Å². The van der Waals surface area contributed by atoms with Gasteiger partial charge < -0.3 is 10.6 Å². The first-order chi connectivity index (χ1) is 12.1. The van der Waals surface area contributed by atoms with E-state index in [1.165, 1.54) is 17.5 Å². The summed E-state index contributed by atoms with van der Waals surface area (Å²) < 4.78 is 0. The summed E-state index contributed by atoms with van der Waals surface area (Å²) in [6.45, 7) is 0.452. The van der Waals surface area contributed by atoms with Crippen molar-refractivity contribution in [2.75, 3.05) is 0 Å². The van der Waals surface area contributed by atoms with Gasteiger partial charge >= 0.3 is 0 Å². The molecule has 2 N–H and O–H groups in total. The van der Waals surface area contributed by atoms with Gasteiger partial charge in [-0.25, -0.2) is 0 Å². The summed E-state index contributed by atoms with van der Waals surface area (Å²) in [5.74, 6) is -0.465. The number of amides is 2. The van der Waals surface area contributed by atoms with Crippen LogP contribution in [0.3, 0.4) is 0 Å². The van der Waals surface area contributed by atoms with E-state index >= 15 is 0 Å². The fourth-order valence-electron chi connectivity index (χ4n) is 4.05. The van der Waals surface area contributed by atoms with Crippen LogP contribution in [0.2, 0.25) is 0 Å². The fourth-order valence-corrected chi connectivity index (χ4v) is 4.05. The van der Waals surface area contributed by atoms with Crippen molar-refractivity contribution >= 4 is 11.8 Å². The van der Waals surface area contributed by atoms with Crippen LogP contribution in [0.25, 0.3) is 0 Å². The summed E-state index contributed by atoms with van der Waals surface area (Å²) >= 11 is 0. The van der Waals surface area contributed by atoms with Crippen LogP contribution in [0.1, 0.15) is 34.2 Å². The molecule has 0 aromatic heterocycles. The minimum Gasteiger partial charge on any atom is -0.368 e. The number of rotatable bonds is 3. The maximum absolute atomic E-state index is 12.9. The third-order valence-electron chi connectivity index (χ3n) is 5.42. The Morgan fingerprint density at radius 1 is 1.00 bits per heavy atom. The summed E-state index contributed by atoms with van der Waals surface area (Å²) in [7, 11) is 0. The molecule has 0 fully saturated rings. The van der Waals surface area contributed by atoms with Crippen LogP contribution < -0.4 is 5.73 Å². The molecule has 0 saturated carbocycles. The van der Waals surface area contributed by atoms with E-state index in [-0.39, 0.29) is 5.91 Å². The lowest BCUT2D eigenvalue weighted by atomic mass is 9.93. The molecular weight excluding hydrogens is 312 g/mol. The zero-order valence-electron chi connectivity index (χ0n) is 14.2. The van der Waals surface area contributed by atoms with Crippen LogP contribution in [0.15, 0.2) is 42.5 Å². The van der Waals surface area contributed by atoms with E-state index in [9.17, 15) is 9.59 Å². The molecular formula is C21H22N2O2. The predicted octanol–water partition coefficient (Wildman–Crippen LogP) is 2.16. The van der Waals surface area contributed by atoms with Crippen molar-refractivity contribution in [1.29, 1.82) is 0 Å². The van der Waals surface area contributed by atoms with E-state index in [1.54, 1.807) is 4.90 Å². The van der Waals surface area contributed by atoms with Crippen LogP contribution in [-0.2, 0) is 41.8 Å². The third kappa shape index (κ3) is 3.04. The summed E-state index contributed by atoms with van der Waals surface area (Å²) in [5, 5.41) is 0. The molecule has 0 spiro atoms. The van der Waals surface area contributed by atoms with E-state index in [1.807, 2.05) is 30.3 Å². The van der Waals surface area contributed by atoms with E-state index in [0.29, 0.717) is 19.4 Å². The number of carbonyl (C=O) groups is 2. The minimum absolute atomic E-state index is 0.0312. The molecule has 2 aromatic carbocycles. The van der Waals surface area contributed by atoms with Gasteiger partial charge in [-0.2, -0.15) is 0 Å². The number of primary amides is 1. The van der Waals surface area contributed by atoms with E-state index in [4.69, 9.17) is 5.73 Å². The average molecular weight is 334 g/mol. The quantitative estimate of drug-likeness (QED) is 0.935. The zero-order chi connectivity index (χ0) is 17.4. The molecule has 1 unspecified atom stereocenters. The lowest BCUT2D eigenvalue weighted by Gasteiger charge is -2.35. The minimum atomic E-state index is -0.558. The topological polar surface area (TPSA) is 63.4 Å². The molecule has 1 aliphatic heterocycles. The van der Waals surface area contributed by atoms with Crippen LogP contribution in [-0.4, -0.2) is 22.8 Å². The standard InChI is InChI=1S/C21H22N2O2/c22-21(25)19-12-17-4-1-2-5-18(17)13-23(19)20(24)11-14-8-9-15-6-3-7-16(15)10-14/h1-2,4-5,8-10,19H,3,6-7,11-13H2,(H2,22,25). The molecule has 1 aliphatic carbocycles. The highest BCUT2D eigenvalue weighted by Gasteiger charge is 2.33. The molecule has 0 saturated heterocycles. The van der Waals surface area contributed by atoms with Gasteiger partial charge in [-0.05, 0) is 47.1 Å². The highest BCUT2D eigenvalue weighted by Crippen LogP contribution is 2.26. The van der Waals surface area contributed by atoms with Crippen molar-refractivity contribution in [2.24, 2.45) is 5.73 Å². The first-order valence-electron chi connectivity index (χ1n) is 8.88. The monoisotopic (exact) mass is 334 g/mol. The Bertz CT molecular complexity index is 844. The van der Waals surface area contributed by atoms with Gasteiger partial charge in [-0.3, -0.25) is 9.59 Å². The second-order valence-corrected chi connectivity index (χ2v) is 7.05. The average Bonchev–Trinajstić information content (AvgIpc) is 3.08. The lowest BCUT2D eigenvalue weighted by molar-refractivity contribution is -0.140. The van der Waals surface area contributed by atoms with Crippen molar-refractivity contribution in [3.05, 3.63) is 70.3 Å². The van der Waals surface area contributed by atoms with Crippen molar-refractivity contribution in [3.63, 3.8) is 0 Å². The third-order valence-corrected chi connectivity index (χ3v) is 5.42. The Labute approximate surface area is 147 Å². The molecule has 2 aliphatic rings. The number of benzene rings is 2. The Hall–Kier alpha value is -2.62. The highest BCUT2D eigenvalue weighted by atomic mass is 16.2. The smallest absolute Gasteiger partial charge is 0.240 e. The van der Waals surface area contributed by atoms with Gasteiger partial charge in [0.2, 0.25) is 11.8 Å². The van der Waals surface area contributed by atoms with Gasteiger partial charge in [0.25, 0.3) is 0 Å². The molecule has 128 valence electrons. The lowest BCUT2D eigenvalue weighted by Crippen LogP contribution is -2.51. The number of hydrogen-bond donors (Lipinski definition) is 1. The molecule has 0 bridgehead atoms. The molecule has 25 heavy (non-hydrogen) atoms. The number of fused-ring (bicyclic) bond motifs is 2. The molecule has 1 heterocycles. The Kier molecular flexibility index (Phi) is 4.04. The van der Waals surface area contributed by atoms with E-state index in [2.05, 4.69) is 12.1 Å². The van der Waals surface area contributed by atoms with Crippen LogP contribution in [0.5, 0.6) is 0 Å². The number of nitrogens with zero attached hydrogens (tertiary/aromatic N) is 1. The molecule has 0 radical (unpaired) electrons. The predicted molar refractivity (Wildman–Crippen MR) is 95.8 cm³/mol. The normalized spacial score (nSPS) is 18.6. The van der Waals surface area contributed by atoms with Crippen LogP contribution in [0.4, 0.5) is 0 Å².